The Morgan fingerprint density at radius 3 is 2.36 bits per heavy atom. The van der Waals surface area contributed by atoms with E-state index in [0.717, 1.165) is 39.1 Å². The van der Waals surface area contributed by atoms with Crippen LogP contribution in [0.2, 0.25) is 0 Å². The monoisotopic (exact) mass is 199 g/mol. The van der Waals surface area contributed by atoms with E-state index in [0.29, 0.717) is 5.78 Å². The molecule has 1 saturated heterocycles. The number of carbonyl (C=O) groups is 1. The molecule has 1 aliphatic rings. The second-order valence-corrected chi connectivity index (χ2v) is 4.84. The van der Waals surface area contributed by atoms with Crippen LogP contribution in [-0.2, 0) is 9.53 Å². The number of carbonyl (C=O) groups excluding carboxylic acids is 1. The van der Waals surface area contributed by atoms with E-state index in [1.165, 1.54) is 0 Å². The number of rotatable bonds is 3. The summed E-state index contributed by atoms with van der Waals surface area (Å²) >= 11 is 0. The summed E-state index contributed by atoms with van der Waals surface area (Å²) in [6, 6.07) is 0. The van der Waals surface area contributed by atoms with Gasteiger partial charge in [0.1, 0.15) is 5.78 Å². The van der Waals surface area contributed by atoms with Gasteiger partial charge < -0.3 is 9.64 Å². The first-order valence-electron chi connectivity index (χ1n) is 5.35. The molecule has 0 N–H and O–H groups in total. The van der Waals surface area contributed by atoms with Crippen molar-refractivity contribution in [3.8, 4) is 0 Å². The zero-order valence-corrected chi connectivity index (χ0v) is 9.51. The van der Waals surface area contributed by atoms with Crippen molar-refractivity contribution < 1.29 is 9.53 Å². The number of hydrogen-bond donors (Lipinski definition) is 0. The van der Waals surface area contributed by atoms with Crippen molar-refractivity contribution in [3.63, 3.8) is 0 Å². The Labute approximate surface area is 86.4 Å². The summed E-state index contributed by atoms with van der Waals surface area (Å²) in [7, 11) is 0. The van der Waals surface area contributed by atoms with Gasteiger partial charge in [-0.05, 0) is 20.8 Å². The SMILES string of the molecule is CC(C)(C)OCCN1CCC(=O)CC1. The van der Waals surface area contributed by atoms with Gasteiger partial charge in [-0.1, -0.05) is 0 Å². The van der Waals surface area contributed by atoms with Gasteiger partial charge in [0.15, 0.2) is 0 Å². The maximum Gasteiger partial charge on any atom is 0.135 e. The van der Waals surface area contributed by atoms with Crippen LogP contribution in [0.15, 0.2) is 0 Å². The predicted molar refractivity (Wildman–Crippen MR) is 56.4 cm³/mol. The molecule has 1 fully saturated rings. The van der Waals surface area contributed by atoms with Crippen LogP contribution in [0.4, 0.5) is 0 Å². The van der Waals surface area contributed by atoms with Gasteiger partial charge in [0.05, 0.1) is 12.2 Å². The van der Waals surface area contributed by atoms with Crippen LogP contribution >= 0.6 is 0 Å². The van der Waals surface area contributed by atoms with Crippen LogP contribution in [-0.4, -0.2) is 42.5 Å². The molecule has 0 aliphatic carbocycles. The number of nitrogens with zero attached hydrogens (tertiary/aromatic N) is 1. The maximum absolute atomic E-state index is 11.0. The molecule has 0 aromatic heterocycles. The molecule has 1 rings (SSSR count). The summed E-state index contributed by atoms with van der Waals surface area (Å²) in [5.74, 6) is 0.401. The van der Waals surface area contributed by atoms with E-state index in [9.17, 15) is 4.79 Å². The van der Waals surface area contributed by atoms with E-state index in [-0.39, 0.29) is 5.60 Å². The molecule has 3 heteroatoms. The fourth-order valence-electron chi connectivity index (χ4n) is 1.51. The number of Topliss-reactive ketones (excluding diaryl/α,β-unsaturated/α-hetero) is 1. The minimum atomic E-state index is -0.0500. The summed E-state index contributed by atoms with van der Waals surface area (Å²) in [6.45, 7) is 9.72. The van der Waals surface area contributed by atoms with Crippen molar-refractivity contribution in [3.05, 3.63) is 0 Å². The fraction of sp³-hybridized carbons (Fsp3) is 0.909. The minimum absolute atomic E-state index is 0.0500. The lowest BCUT2D eigenvalue weighted by molar-refractivity contribution is -0.121. The number of likely N-dealkylation sites (tertiary alicyclic amines) is 1. The van der Waals surface area contributed by atoms with Crippen molar-refractivity contribution >= 4 is 5.78 Å². The first kappa shape index (κ1) is 11.7. The van der Waals surface area contributed by atoms with E-state index in [4.69, 9.17) is 4.74 Å². The van der Waals surface area contributed by atoms with Gasteiger partial charge in [-0.25, -0.2) is 0 Å². The lowest BCUT2D eigenvalue weighted by Gasteiger charge is -2.27. The number of ketones is 1. The van der Waals surface area contributed by atoms with E-state index in [1.54, 1.807) is 0 Å². The van der Waals surface area contributed by atoms with Gasteiger partial charge in [0.25, 0.3) is 0 Å². The fourth-order valence-corrected chi connectivity index (χ4v) is 1.51. The third-order valence-electron chi connectivity index (χ3n) is 2.36. The van der Waals surface area contributed by atoms with Crippen molar-refractivity contribution in [2.24, 2.45) is 0 Å². The molecule has 0 aromatic rings. The smallest absolute Gasteiger partial charge is 0.135 e. The molecule has 0 radical (unpaired) electrons. The second kappa shape index (κ2) is 4.89. The predicted octanol–water partition coefficient (Wildman–Crippen LogP) is 1.47. The van der Waals surface area contributed by atoms with Gasteiger partial charge in [-0.2, -0.15) is 0 Å². The molecule has 0 amide bonds. The van der Waals surface area contributed by atoms with E-state index < -0.39 is 0 Å². The van der Waals surface area contributed by atoms with Gasteiger partial charge in [-0.3, -0.25) is 4.79 Å². The molecule has 0 bridgehead atoms. The molecule has 14 heavy (non-hydrogen) atoms. The van der Waals surface area contributed by atoms with Gasteiger partial charge in [0.2, 0.25) is 0 Å². The Morgan fingerprint density at radius 2 is 1.86 bits per heavy atom. The third-order valence-corrected chi connectivity index (χ3v) is 2.36. The summed E-state index contributed by atoms with van der Waals surface area (Å²) in [6.07, 6.45) is 1.44. The summed E-state index contributed by atoms with van der Waals surface area (Å²) in [5, 5.41) is 0. The van der Waals surface area contributed by atoms with Gasteiger partial charge in [0, 0.05) is 32.5 Å². The summed E-state index contributed by atoms with van der Waals surface area (Å²) in [5.41, 5.74) is -0.0500. The Hall–Kier alpha value is -0.410. The zero-order valence-electron chi connectivity index (χ0n) is 9.51. The van der Waals surface area contributed by atoms with Crippen LogP contribution in [0.5, 0.6) is 0 Å². The highest BCUT2D eigenvalue weighted by Crippen LogP contribution is 2.08. The lowest BCUT2D eigenvalue weighted by atomic mass is 10.1. The summed E-state index contributed by atoms with van der Waals surface area (Å²) in [4.78, 5) is 13.3. The van der Waals surface area contributed by atoms with Crippen LogP contribution in [0.1, 0.15) is 33.6 Å². The third kappa shape index (κ3) is 4.72. The largest absolute Gasteiger partial charge is 0.375 e. The molecule has 0 spiro atoms. The molecule has 0 atom stereocenters. The number of ether oxygens (including phenoxy) is 1. The first-order valence-corrected chi connectivity index (χ1v) is 5.35. The van der Waals surface area contributed by atoms with Crippen molar-refractivity contribution in [1.82, 2.24) is 4.90 Å². The molecule has 1 heterocycles. The van der Waals surface area contributed by atoms with Gasteiger partial charge in [-0.15, -0.1) is 0 Å². The van der Waals surface area contributed by atoms with E-state index in [2.05, 4.69) is 25.7 Å². The molecule has 3 nitrogen and oxygen atoms in total. The molecule has 82 valence electrons. The first-order chi connectivity index (χ1) is 6.47. The average molecular weight is 199 g/mol. The number of hydrogen-bond acceptors (Lipinski definition) is 3. The molecular formula is C11H21NO2. The van der Waals surface area contributed by atoms with Crippen LogP contribution in [0, 0.1) is 0 Å². The highest BCUT2D eigenvalue weighted by molar-refractivity contribution is 5.79. The van der Waals surface area contributed by atoms with Crippen molar-refractivity contribution in [2.75, 3.05) is 26.2 Å². The minimum Gasteiger partial charge on any atom is -0.375 e. The number of piperidine rings is 1. The average Bonchev–Trinajstić information content (AvgIpc) is 2.06. The normalized spacial score (nSPS) is 20.1. The zero-order chi connectivity index (χ0) is 10.6. The van der Waals surface area contributed by atoms with Crippen LogP contribution in [0.25, 0.3) is 0 Å². The van der Waals surface area contributed by atoms with Crippen molar-refractivity contribution in [1.29, 1.82) is 0 Å². The topological polar surface area (TPSA) is 29.5 Å². The molecular weight excluding hydrogens is 178 g/mol. The van der Waals surface area contributed by atoms with Crippen LogP contribution in [0.3, 0.4) is 0 Å². The van der Waals surface area contributed by atoms with Gasteiger partial charge >= 0.3 is 0 Å². The quantitative estimate of drug-likeness (QED) is 0.689. The molecule has 1 aliphatic heterocycles. The summed E-state index contributed by atoms with van der Waals surface area (Å²) < 4.78 is 5.63. The lowest BCUT2D eigenvalue weighted by Crippen LogP contribution is -2.37. The highest BCUT2D eigenvalue weighted by Gasteiger charge is 2.16. The standard InChI is InChI=1S/C11H21NO2/c1-11(2,3)14-9-8-12-6-4-10(13)5-7-12/h4-9H2,1-3H3. The Kier molecular flexibility index (Phi) is 4.08. The van der Waals surface area contributed by atoms with Crippen molar-refractivity contribution in [2.45, 2.75) is 39.2 Å². The Morgan fingerprint density at radius 1 is 1.29 bits per heavy atom. The Bertz CT molecular complexity index is 186. The molecule has 0 unspecified atom stereocenters. The maximum atomic E-state index is 11.0. The second-order valence-electron chi connectivity index (χ2n) is 4.84. The molecule has 0 aromatic carbocycles. The van der Waals surface area contributed by atoms with Crippen LogP contribution < -0.4 is 0 Å². The van der Waals surface area contributed by atoms with E-state index >= 15 is 0 Å². The highest BCUT2D eigenvalue weighted by atomic mass is 16.5. The van der Waals surface area contributed by atoms with E-state index in [1.807, 2.05) is 0 Å². The molecule has 0 saturated carbocycles. The Balaban J connectivity index is 2.10.